The highest BCUT2D eigenvalue weighted by Crippen LogP contribution is 2.24. The van der Waals surface area contributed by atoms with E-state index in [1.165, 1.54) is 0 Å². The summed E-state index contributed by atoms with van der Waals surface area (Å²) in [6.07, 6.45) is 0. The second-order valence-corrected chi connectivity index (χ2v) is 5.45. The van der Waals surface area contributed by atoms with Crippen LogP contribution in [-0.4, -0.2) is 10.1 Å². The fourth-order valence-electron chi connectivity index (χ4n) is 2.36. The molecule has 4 nitrogen and oxygen atoms in total. The lowest BCUT2D eigenvalue weighted by atomic mass is 9.99. The Morgan fingerprint density at radius 1 is 1.09 bits per heavy atom. The van der Waals surface area contributed by atoms with Crippen LogP contribution in [0.15, 0.2) is 59.1 Å². The summed E-state index contributed by atoms with van der Waals surface area (Å²) >= 11 is 6.13. The van der Waals surface area contributed by atoms with Crippen LogP contribution in [0, 0.1) is 6.92 Å². The van der Waals surface area contributed by atoms with E-state index in [0.717, 1.165) is 11.1 Å². The van der Waals surface area contributed by atoms with Crippen LogP contribution >= 0.6 is 11.6 Å². The molecule has 0 fully saturated rings. The first-order chi connectivity index (χ1) is 10.7. The highest BCUT2D eigenvalue weighted by atomic mass is 35.5. The van der Waals surface area contributed by atoms with Crippen molar-refractivity contribution in [2.75, 3.05) is 0 Å². The Morgan fingerprint density at radius 2 is 1.86 bits per heavy atom. The molecule has 0 radical (unpaired) electrons. The largest absolute Gasteiger partial charge is 0.338 e. The van der Waals surface area contributed by atoms with Crippen LogP contribution < -0.4 is 5.32 Å². The maximum atomic E-state index is 6.13. The zero-order valence-electron chi connectivity index (χ0n) is 12.2. The first-order valence-electron chi connectivity index (χ1n) is 7.05. The topological polar surface area (TPSA) is 51.0 Å². The Morgan fingerprint density at radius 3 is 2.55 bits per heavy atom. The predicted molar refractivity (Wildman–Crippen MR) is 85.6 cm³/mol. The first-order valence-corrected chi connectivity index (χ1v) is 7.43. The van der Waals surface area contributed by atoms with Crippen molar-refractivity contribution in [1.29, 1.82) is 0 Å². The molecule has 0 aliphatic heterocycles. The number of aromatic nitrogens is 2. The van der Waals surface area contributed by atoms with Gasteiger partial charge >= 0.3 is 0 Å². The third kappa shape index (κ3) is 3.53. The molecule has 0 unspecified atom stereocenters. The van der Waals surface area contributed by atoms with Gasteiger partial charge in [-0.15, -0.1) is 0 Å². The number of benzene rings is 2. The maximum Gasteiger partial charge on any atom is 0.240 e. The van der Waals surface area contributed by atoms with Crippen LogP contribution in [-0.2, 0) is 6.54 Å². The molecule has 0 aliphatic rings. The van der Waals surface area contributed by atoms with Crippen LogP contribution in [0.25, 0.3) is 0 Å². The van der Waals surface area contributed by atoms with Gasteiger partial charge in [0.15, 0.2) is 5.82 Å². The van der Waals surface area contributed by atoms with Gasteiger partial charge in [0.25, 0.3) is 0 Å². The average molecular weight is 314 g/mol. The molecule has 5 heteroatoms. The number of nitrogens with one attached hydrogen (secondary N) is 1. The SMILES string of the molecule is Cc1noc(CN[C@H](c2ccccc2)c2cccc(Cl)c2)n1. The molecule has 0 spiro atoms. The summed E-state index contributed by atoms with van der Waals surface area (Å²) in [5, 5.41) is 7.98. The minimum Gasteiger partial charge on any atom is -0.338 e. The van der Waals surface area contributed by atoms with Crippen molar-refractivity contribution >= 4 is 11.6 Å². The lowest BCUT2D eigenvalue weighted by molar-refractivity contribution is 0.359. The van der Waals surface area contributed by atoms with Crippen molar-refractivity contribution in [2.24, 2.45) is 0 Å². The number of nitrogens with zero attached hydrogens (tertiary/aromatic N) is 2. The number of hydrogen-bond donors (Lipinski definition) is 1. The van der Waals surface area contributed by atoms with Gasteiger partial charge in [0.1, 0.15) is 0 Å². The summed E-state index contributed by atoms with van der Waals surface area (Å²) in [6.45, 7) is 2.30. The second-order valence-electron chi connectivity index (χ2n) is 5.01. The third-order valence-corrected chi connectivity index (χ3v) is 3.58. The minimum absolute atomic E-state index is 0.00658. The number of hydrogen-bond acceptors (Lipinski definition) is 4. The summed E-state index contributed by atoms with van der Waals surface area (Å²) in [6, 6.07) is 18.0. The molecule has 0 bridgehead atoms. The molecular weight excluding hydrogens is 298 g/mol. The summed E-state index contributed by atoms with van der Waals surface area (Å²) in [4.78, 5) is 4.22. The third-order valence-electron chi connectivity index (χ3n) is 3.34. The number of aryl methyl sites for hydroxylation is 1. The molecule has 3 rings (SSSR count). The lowest BCUT2D eigenvalue weighted by Gasteiger charge is -2.19. The van der Waals surface area contributed by atoms with Gasteiger partial charge in [-0.1, -0.05) is 59.2 Å². The van der Waals surface area contributed by atoms with Gasteiger partial charge in [0.2, 0.25) is 5.89 Å². The molecule has 1 N–H and O–H groups in total. The standard InChI is InChI=1S/C17H16ClN3O/c1-12-20-16(22-21-12)11-19-17(13-6-3-2-4-7-13)14-8-5-9-15(18)10-14/h2-10,17,19H,11H2,1H3/t17-/m1/s1. The van der Waals surface area contributed by atoms with E-state index in [0.29, 0.717) is 23.3 Å². The Kier molecular flexibility index (Phi) is 4.51. The van der Waals surface area contributed by atoms with Gasteiger partial charge in [-0.3, -0.25) is 5.32 Å². The monoisotopic (exact) mass is 313 g/mol. The fourth-order valence-corrected chi connectivity index (χ4v) is 2.56. The summed E-state index contributed by atoms with van der Waals surface area (Å²) in [5.74, 6) is 1.20. The molecule has 0 saturated carbocycles. The summed E-state index contributed by atoms with van der Waals surface area (Å²) in [5.41, 5.74) is 2.25. The average Bonchev–Trinajstić information content (AvgIpc) is 2.94. The van der Waals surface area contributed by atoms with Crippen molar-refractivity contribution in [3.63, 3.8) is 0 Å². The summed E-state index contributed by atoms with van der Waals surface area (Å²) in [7, 11) is 0. The zero-order chi connectivity index (χ0) is 15.4. The van der Waals surface area contributed by atoms with Crippen LogP contribution in [0.2, 0.25) is 5.02 Å². The predicted octanol–water partition coefficient (Wildman–Crippen LogP) is 3.91. The highest BCUT2D eigenvalue weighted by molar-refractivity contribution is 6.30. The Hall–Kier alpha value is -2.17. The molecule has 1 heterocycles. The van der Waals surface area contributed by atoms with Crippen molar-refractivity contribution in [3.8, 4) is 0 Å². The molecule has 1 atom stereocenters. The van der Waals surface area contributed by atoms with E-state index in [1.54, 1.807) is 6.92 Å². The fraction of sp³-hybridized carbons (Fsp3) is 0.176. The van der Waals surface area contributed by atoms with E-state index in [1.807, 2.05) is 36.4 Å². The van der Waals surface area contributed by atoms with Crippen molar-refractivity contribution < 1.29 is 4.52 Å². The molecule has 0 saturated heterocycles. The van der Waals surface area contributed by atoms with Crippen LogP contribution in [0.4, 0.5) is 0 Å². The smallest absolute Gasteiger partial charge is 0.240 e. The lowest BCUT2D eigenvalue weighted by Crippen LogP contribution is -2.22. The molecule has 3 aromatic rings. The van der Waals surface area contributed by atoms with Crippen molar-refractivity contribution in [1.82, 2.24) is 15.5 Å². The minimum atomic E-state index is 0.00658. The van der Waals surface area contributed by atoms with Gasteiger partial charge in [-0.05, 0) is 30.2 Å². The molecule has 112 valence electrons. The van der Waals surface area contributed by atoms with Gasteiger partial charge < -0.3 is 4.52 Å². The molecule has 22 heavy (non-hydrogen) atoms. The normalized spacial score (nSPS) is 12.3. The number of rotatable bonds is 5. The van der Waals surface area contributed by atoms with E-state index >= 15 is 0 Å². The molecular formula is C17H16ClN3O. The molecule has 0 amide bonds. The van der Waals surface area contributed by atoms with E-state index in [2.05, 4.69) is 33.7 Å². The Bertz CT molecular complexity index is 742. The van der Waals surface area contributed by atoms with E-state index in [4.69, 9.17) is 16.1 Å². The zero-order valence-corrected chi connectivity index (χ0v) is 12.9. The molecule has 0 aliphatic carbocycles. The van der Waals surface area contributed by atoms with Gasteiger partial charge in [0, 0.05) is 5.02 Å². The van der Waals surface area contributed by atoms with Crippen LogP contribution in [0.5, 0.6) is 0 Å². The van der Waals surface area contributed by atoms with Crippen LogP contribution in [0.3, 0.4) is 0 Å². The second kappa shape index (κ2) is 6.73. The van der Waals surface area contributed by atoms with Gasteiger partial charge in [-0.2, -0.15) is 4.98 Å². The van der Waals surface area contributed by atoms with Gasteiger partial charge in [-0.25, -0.2) is 0 Å². The first kappa shape index (κ1) is 14.8. The summed E-state index contributed by atoms with van der Waals surface area (Å²) < 4.78 is 5.16. The van der Waals surface area contributed by atoms with E-state index < -0.39 is 0 Å². The van der Waals surface area contributed by atoms with Crippen molar-refractivity contribution in [3.05, 3.63) is 82.5 Å². The quantitative estimate of drug-likeness (QED) is 0.776. The maximum absolute atomic E-state index is 6.13. The highest BCUT2D eigenvalue weighted by Gasteiger charge is 2.15. The Labute approximate surface area is 134 Å². The number of halogens is 1. The van der Waals surface area contributed by atoms with E-state index in [-0.39, 0.29) is 6.04 Å². The van der Waals surface area contributed by atoms with Crippen LogP contribution in [0.1, 0.15) is 28.9 Å². The Balaban J connectivity index is 1.86. The molecule has 2 aromatic carbocycles. The van der Waals surface area contributed by atoms with E-state index in [9.17, 15) is 0 Å². The molecule has 1 aromatic heterocycles. The van der Waals surface area contributed by atoms with Gasteiger partial charge in [0.05, 0.1) is 12.6 Å². The van der Waals surface area contributed by atoms with Crippen molar-refractivity contribution in [2.45, 2.75) is 19.5 Å².